The highest BCUT2D eigenvalue weighted by Crippen LogP contribution is 2.29. The van der Waals surface area contributed by atoms with Crippen LogP contribution in [0.1, 0.15) is 23.9 Å². The Bertz CT molecular complexity index is 547. The van der Waals surface area contributed by atoms with Crippen LogP contribution in [-0.2, 0) is 19.3 Å². The van der Waals surface area contributed by atoms with E-state index in [1.54, 1.807) is 4.68 Å². The Hall–Kier alpha value is -1.96. The topological polar surface area (TPSA) is 55.6 Å². The van der Waals surface area contributed by atoms with E-state index in [9.17, 15) is 13.2 Å². The summed E-state index contributed by atoms with van der Waals surface area (Å²) in [5, 5.41) is 14.4. The SMILES string of the molecule is CCNCc1nnnn1Cc1ccc(C(F)(F)F)cc1. The van der Waals surface area contributed by atoms with Crippen LogP contribution in [0.5, 0.6) is 0 Å². The lowest BCUT2D eigenvalue weighted by Crippen LogP contribution is -2.17. The van der Waals surface area contributed by atoms with E-state index in [4.69, 9.17) is 0 Å². The zero-order valence-corrected chi connectivity index (χ0v) is 10.9. The molecule has 0 aliphatic rings. The molecule has 0 aliphatic carbocycles. The average molecular weight is 285 g/mol. The van der Waals surface area contributed by atoms with Crippen molar-refractivity contribution in [3.63, 3.8) is 0 Å². The molecule has 0 saturated heterocycles. The number of nitrogens with zero attached hydrogens (tertiary/aromatic N) is 4. The molecule has 2 rings (SSSR count). The standard InChI is InChI=1S/C12H14F3N5/c1-2-16-7-11-17-18-19-20(11)8-9-3-5-10(6-4-9)12(13,14)15/h3-6,16H,2,7-8H2,1H3. The highest BCUT2D eigenvalue weighted by molar-refractivity contribution is 5.24. The van der Waals surface area contributed by atoms with E-state index < -0.39 is 11.7 Å². The van der Waals surface area contributed by atoms with Crippen molar-refractivity contribution in [3.8, 4) is 0 Å². The molecular weight excluding hydrogens is 271 g/mol. The van der Waals surface area contributed by atoms with Crippen LogP contribution in [0, 0.1) is 0 Å². The Morgan fingerprint density at radius 3 is 2.50 bits per heavy atom. The first-order valence-corrected chi connectivity index (χ1v) is 6.12. The van der Waals surface area contributed by atoms with Crippen LogP contribution in [0.15, 0.2) is 24.3 Å². The van der Waals surface area contributed by atoms with Crippen LogP contribution in [0.2, 0.25) is 0 Å². The van der Waals surface area contributed by atoms with Gasteiger partial charge in [-0.15, -0.1) is 5.10 Å². The smallest absolute Gasteiger partial charge is 0.310 e. The van der Waals surface area contributed by atoms with Crippen molar-refractivity contribution >= 4 is 0 Å². The number of halogens is 3. The van der Waals surface area contributed by atoms with Crippen molar-refractivity contribution in [2.75, 3.05) is 6.54 Å². The van der Waals surface area contributed by atoms with Crippen LogP contribution in [0.3, 0.4) is 0 Å². The Morgan fingerprint density at radius 2 is 1.90 bits per heavy atom. The summed E-state index contributed by atoms with van der Waals surface area (Å²) in [6.45, 7) is 3.60. The lowest BCUT2D eigenvalue weighted by atomic mass is 10.1. The molecule has 0 fully saturated rings. The molecule has 5 nitrogen and oxygen atoms in total. The van der Waals surface area contributed by atoms with Gasteiger partial charge in [0.1, 0.15) is 0 Å². The summed E-state index contributed by atoms with van der Waals surface area (Å²) < 4.78 is 38.9. The average Bonchev–Trinajstić information content (AvgIpc) is 2.83. The minimum absolute atomic E-state index is 0.339. The minimum Gasteiger partial charge on any atom is -0.310 e. The molecule has 0 radical (unpaired) electrons. The fourth-order valence-corrected chi connectivity index (χ4v) is 1.68. The molecule has 8 heteroatoms. The third-order valence-electron chi connectivity index (χ3n) is 2.75. The van der Waals surface area contributed by atoms with Crippen LogP contribution < -0.4 is 5.32 Å². The summed E-state index contributed by atoms with van der Waals surface area (Å²) in [6, 6.07) is 4.98. The van der Waals surface area contributed by atoms with Crippen molar-refractivity contribution in [1.29, 1.82) is 0 Å². The van der Waals surface area contributed by atoms with Gasteiger partial charge >= 0.3 is 6.18 Å². The van der Waals surface area contributed by atoms with Gasteiger partial charge in [0, 0.05) is 0 Å². The Morgan fingerprint density at radius 1 is 1.20 bits per heavy atom. The van der Waals surface area contributed by atoms with Crippen LogP contribution in [0.4, 0.5) is 13.2 Å². The third kappa shape index (κ3) is 3.53. The van der Waals surface area contributed by atoms with Gasteiger partial charge < -0.3 is 5.32 Å². The normalized spacial score (nSPS) is 11.8. The van der Waals surface area contributed by atoms with Crippen molar-refractivity contribution < 1.29 is 13.2 Å². The summed E-state index contributed by atoms with van der Waals surface area (Å²) >= 11 is 0. The van der Waals surface area contributed by atoms with Crippen LogP contribution in [0.25, 0.3) is 0 Å². The molecule has 0 bridgehead atoms. The van der Waals surface area contributed by atoms with Crippen molar-refractivity contribution in [2.24, 2.45) is 0 Å². The summed E-state index contributed by atoms with van der Waals surface area (Å²) in [6.07, 6.45) is -4.32. The van der Waals surface area contributed by atoms with Gasteiger partial charge in [0.25, 0.3) is 0 Å². The van der Waals surface area contributed by atoms with E-state index in [1.165, 1.54) is 12.1 Å². The Kier molecular flexibility index (Phi) is 4.33. The molecule has 0 aliphatic heterocycles. The fourth-order valence-electron chi connectivity index (χ4n) is 1.68. The van der Waals surface area contributed by atoms with Gasteiger partial charge in [0.05, 0.1) is 18.7 Å². The largest absolute Gasteiger partial charge is 0.416 e. The maximum Gasteiger partial charge on any atom is 0.416 e. The molecule has 2 aromatic rings. The second-order valence-corrected chi connectivity index (χ2v) is 4.23. The second kappa shape index (κ2) is 6.00. The summed E-state index contributed by atoms with van der Waals surface area (Å²) in [5.41, 5.74) is 0.0499. The molecular formula is C12H14F3N5. The summed E-state index contributed by atoms with van der Waals surface area (Å²) in [4.78, 5) is 0. The molecule has 1 aromatic heterocycles. The lowest BCUT2D eigenvalue weighted by molar-refractivity contribution is -0.137. The van der Waals surface area contributed by atoms with E-state index >= 15 is 0 Å². The molecule has 0 atom stereocenters. The van der Waals surface area contributed by atoms with Gasteiger partial charge in [-0.2, -0.15) is 13.2 Å². The Labute approximate surface area is 113 Å². The first-order chi connectivity index (χ1) is 9.50. The predicted octanol–water partition coefficient (Wildman–Crippen LogP) is 1.85. The number of tetrazole rings is 1. The summed E-state index contributed by atoms with van der Waals surface area (Å²) in [7, 11) is 0. The fraction of sp³-hybridized carbons (Fsp3) is 0.417. The van der Waals surface area contributed by atoms with E-state index in [2.05, 4.69) is 20.8 Å². The van der Waals surface area contributed by atoms with Crippen LogP contribution >= 0.6 is 0 Å². The molecule has 1 aromatic carbocycles. The molecule has 0 saturated carbocycles. The number of hydrogen-bond acceptors (Lipinski definition) is 4. The van der Waals surface area contributed by atoms with Gasteiger partial charge in [-0.1, -0.05) is 19.1 Å². The first kappa shape index (κ1) is 14.4. The molecule has 1 heterocycles. The maximum absolute atomic E-state index is 12.5. The zero-order valence-electron chi connectivity index (χ0n) is 10.9. The molecule has 0 spiro atoms. The molecule has 108 valence electrons. The molecule has 20 heavy (non-hydrogen) atoms. The number of hydrogen-bond donors (Lipinski definition) is 1. The molecule has 0 unspecified atom stereocenters. The van der Waals surface area contributed by atoms with E-state index in [0.29, 0.717) is 24.5 Å². The summed E-state index contributed by atoms with van der Waals surface area (Å²) in [5.74, 6) is 0.645. The van der Waals surface area contributed by atoms with Crippen molar-refractivity contribution in [3.05, 3.63) is 41.2 Å². The van der Waals surface area contributed by atoms with Gasteiger partial charge in [0.2, 0.25) is 0 Å². The molecule has 0 amide bonds. The highest BCUT2D eigenvalue weighted by Gasteiger charge is 2.29. The third-order valence-corrected chi connectivity index (χ3v) is 2.75. The number of benzene rings is 1. The van der Waals surface area contributed by atoms with Gasteiger partial charge in [0.15, 0.2) is 5.82 Å². The highest BCUT2D eigenvalue weighted by atomic mass is 19.4. The first-order valence-electron chi connectivity index (χ1n) is 6.12. The number of rotatable bonds is 5. The number of nitrogens with one attached hydrogen (secondary N) is 1. The van der Waals surface area contributed by atoms with Crippen molar-refractivity contribution in [1.82, 2.24) is 25.5 Å². The molecule has 1 N–H and O–H groups in total. The zero-order chi connectivity index (χ0) is 14.6. The van der Waals surface area contributed by atoms with E-state index in [1.807, 2.05) is 6.92 Å². The van der Waals surface area contributed by atoms with Crippen molar-refractivity contribution in [2.45, 2.75) is 26.2 Å². The monoisotopic (exact) mass is 285 g/mol. The van der Waals surface area contributed by atoms with Gasteiger partial charge in [-0.05, 0) is 34.7 Å². The van der Waals surface area contributed by atoms with E-state index in [0.717, 1.165) is 18.7 Å². The quantitative estimate of drug-likeness (QED) is 0.911. The van der Waals surface area contributed by atoms with Crippen LogP contribution in [-0.4, -0.2) is 26.8 Å². The van der Waals surface area contributed by atoms with Gasteiger partial charge in [-0.3, -0.25) is 0 Å². The number of alkyl halides is 3. The second-order valence-electron chi connectivity index (χ2n) is 4.23. The minimum atomic E-state index is -4.32. The Balaban J connectivity index is 2.09. The van der Waals surface area contributed by atoms with Gasteiger partial charge in [-0.25, -0.2) is 4.68 Å². The number of aromatic nitrogens is 4. The maximum atomic E-state index is 12.5. The predicted molar refractivity (Wildman–Crippen MR) is 65.7 cm³/mol. The van der Waals surface area contributed by atoms with E-state index in [-0.39, 0.29) is 0 Å². The lowest BCUT2D eigenvalue weighted by Gasteiger charge is -2.08.